The number of nitrogens with two attached hydrogens (primary N) is 1. The van der Waals surface area contributed by atoms with Gasteiger partial charge in [-0.05, 0) is 52.7 Å². The summed E-state index contributed by atoms with van der Waals surface area (Å²) in [7, 11) is 0. The van der Waals surface area contributed by atoms with Crippen molar-refractivity contribution in [1.82, 2.24) is 4.90 Å². The Kier molecular flexibility index (Phi) is 4.00. The van der Waals surface area contributed by atoms with E-state index in [0.29, 0.717) is 12.5 Å². The summed E-state index contributed by atoms with van der Waals surface area (Å²) in [5, 5.41) is 1.93. The van der Waals surface area contributed by atoms with E-state index in [1.165, 1.54) is 11.3 Å². The number of piperidine rings is 1. The summed E-state index contributed by atoms with van der Waals surface area (Å²) in [6, 6.07) is 1.92. The Bertz CT molecular complexity index is 380. The lowest BCUT2D eigenvalue weighted by Crippen LogP contribution is -2.41. The molecule has 1 saturated heterocycles. The van der Waals surface area contributed by atoms with E-state index in [1.54, 1.807) is 0 Å². The molecule has 1 amide bonds. The van der Waals surface area contributed by atoms with Crippen molar-refractivity contribution in [2.45, 2.75) is 12.8 Å². The van der Waals surface area contributed by atoms with Gasteiger partial charge in [-0.1, -0.05) is 0 Å². The Hall–Kier alpha value is -0.390. The summed E-state index contributed by atoms with van der Waals surface area (Å²) in [4.78, 5) is 14.9. The van der Waals surface area contributed by atoms with Crippen LogP contribution in [0.3, 0.4) is 0 Å². The van der Waals surface area contributed by atoms with Gasteiger partial charge in [0.15, 0.2) is 0 Å². The number of hydrogen-bond donors (Lipinski definition) is 1. The normalized spacial score (nSPS) is 21.1. The zero-order chi connectivity index (χ0) is 11.5. The molecule has 1 aromatic heterocycles. The fraction of sp³-hybridized carbons (Fsp3) is 0.545. The Morgan fingerprint density at radius 1 is 1.69 bits per heavy atom. The molecule has 0 aromatic carbocycles. The first-order valence-corrected chi connectivity index (χ1v) is 7.12. The molecule has 88 valence electrons. The van der Waals surface area contributed by atoms with Crippen LogP contribution in [0.4, 0.5) is 0 Å². The molecule has 0 radical (unpaired) electrons. The molecule has 0 aliphatic carbocycles. The minimum Gasteiger partial charge on any atom is -0.338 e. The lowest BCUT2D eigenvalue weighted by molar-refractivity contribution is 0.0682. The predicted octanol–water partition coefficient (Wildman–Crippen LogP) is 2.32. The maximum atomic E-state index is 12.2. The fourth-order valence-electron chi connectivity index (χ4n) is 2.03. The SMILES string of the molecule is NCC1CCCN(C(=O)c2sccc2Br)C1. The molecule has 1 aromatic rings. The molecule has 3 nitrogen and oxygen atoms in total. The molecule has 1 aliphatic heterocycles. The van der Waals surface area contributed by atoms with Crippen LogP contribution in [0.5, 0.6) is 0 Å². The minimum absolute atomic E-state index is 0.139. The molecule has 1 atom stereocenters. The zero-order valence-corrected chi connectivity index (χ0v) is 11.4. The van der Waals surface area contributed by atoms with Crippen molar-refractivity contribution in [2.24, 2.45) is 11.7 Å². The van der Waals surface area contributed by atoms with Gasteiger partial charge in [0.05, 0.1) is 0 Å². The summed E-state index contributed by atoms with van der Waals surface area (Å²) in [5.41, 5.74) is 5.67. The van der Waals surface area contributed by atoms with E-state index < -0.39 is 0 Å². The van der Waals surface area contributed by atoms with Crippen molar-refractivity contribution >= 4 is 33.2 Å². The van der Waals surface area contributed by atoms with Crippen molar-refractivity contribution < 1.29 is 4.79 Å². The second-order valence-corrected chi connectivity index (χ2v) is 5.86. The molecule has 2 heterocycles. The number of likely N-dealkylation sites (tertiary alicyclic amines) is 1. The van der Waals surface area contributed by atoms with E-state index >= 15 is 0 Å². The molecule has 0 bridgehead atoms. The van der Waals surface area contributed by atoms with Gasteiger partial charge in [-0.25, -0.2) is 0 Å². The Labute approximate surface area is 108 Å². The van der Waals surface area contributed by atoms with E-state index in [-0.39, 0.29) is 5.91 Å². The van der Waals surface area contributed by atoms with Crippen molar-refractivity contribution in [2.75, 3.05) is 19.6 Å². The first-order valence-electron chi connectivity index (χ1n) is 5.44. The number of nitrogens with zero attached hydrogens (tertiary/aromatic N) is 1. The van der Waals surface area contributed by atoms with Crippen LogP contribution in [-0.2, 0) is 0 Å². The zero-order valence-electron chi connectivity index (χ0n) is 8.99. The highest BCUT2D eigenvalue weighted by atomic mass is 79.9. The maximum Gasteiger partial charge on any atom is 0.265 e. The second-order valence-electron chi connectivity index (χ2n) is 4.09. The second kappa shape index (κ2) is 5.29. The summed E-state index contributed by atoms with van der Waals surface area (Å²) >= 11 is 4.89. The molecular formula is C11H15BrN2OS. The molecule has 1 unspecified atom stereocenters. The van der Waals surface area contributed by atoms with Crippen LogP contribution < -0.4 is 5.73 Å². The van der Waals surface area contributed by atoms with E-state index in [9.17, 15) is 4.79 Å². The van der Waals surface area contributed by atoms with Crippen LogP contribution in [-0.4, -0.2) is 30.4 Å². The van der Waals surface area contributed by atoms with Gasteiger partial charge in [0, 0.05) is 17.6 Å². The molecule has 0 spiro atoms. The van der Waals surface area contributed by atoms with Crippen LogP contribution in [0.2, 0.25) is 0 Å². The van der Waals surface area contributed by atoms with Gasteiger partial charge >= 0.3 is 0 Å². The van der Waals surface area contributed by atoms with E-state index in [0.717, 1.165) is 35.3 Å². The average molecular weight is 303 g/mol. The highest BCUT2D eigenvalue weighted by molar-refractivity contribution is 9.10. The first kappa shape index (κ1) is 12.1. The van der Waals surface area contributed by atoms with Gasteiger partial charge in [0.1, 0.15) is 4.88 Å². The summed E-state index contributed by atoms with van der Waals surface area (Å²) < 4.78 is 0.900. The lowest BCUT2D eigenvalue weighted by Gasteiger charge is -2.31. The van der Waals surface area contributed by atoms with Gasteiger partial charge in [-0.2, -0.15) is 0 Å². The van der Waals surface area contributed by atoms with Crippen molar-refractivity contribution in [3.63, 3.8) is 0 Å². The summed E-state index contributed by atoms with van der Waals surface area (Å²) in [6.45, 7) is 2.34. The van der Waals surface area contributed by atoms with Gasteiger partial charge in [-0.3, -0.25) is 4.79 Å². The number of carbonyl (C=O) groups is 1. The topological polar surface area (TPSA) is 46.3 Å². The van der Waals surface area contributed by atoms with Crippen molar-refractivity contribution in [3.05, 3.63) is 20.8 Å². The molecule has 0 saturated carbocycles. The highest BCUT2D eigenvalue weighted by Gasteiger charge is 2.25. The standard InChI is InChI=1S/C11H15BrN2OS/c12-9-3-5-16-10(9)11(15)14-4-1-2-8(6-13)7-14/h3,5,8H,1-2,4,6-7,13H2. The van der Waals surface area contributed by atoms with E-state index in [4.69, 9.17) is 5.73 Å². The van der Waals surface area contributed by atoms with Crippen molar-refractivity contribution in [1.29, 1.82) is 0 Å². The van der Waals surface area contributed by atoms with E-state index in [1.807, 2.05) is 16.3 Å². The molecule has 1 fully saturated rings. The van der Waals surface area contributed by atoms with Crippen LogP contribution in [0.15, 0.2) is 15.9 Å². The van der Waals surface area contributed by atoms with Gasteiger partial charge in [0.2, 0.25) is 0 Å². The average Bonchev–Trinajstić information content (AvgIpc) is 2.74. The van der Waals surface area contributed by atoms with Gasteiger partial charge < -0.3 is 10.6 Å². The first-order chi connectivity index (χ1) is 7.72. The van der Waals surface area contributed by atoms with Crippen molar-refractivity contribution in [3.8, 4) is 0 Å². The van der Waals surface area contributed by atoms with Crippen LogP contribution in [0, 0.1) is 5.92 Å². The quantitative estimate of drug-likeness (QED) is 0.911. The maximum absolute atomic E-state index is 12.2. The van der Waals surface area contributed by atoms with Crippen LogP contribution in [0.25, 0.3) is 0 Å². The number of amides is 1. The lowest BCUT2D eigenvalue weighted by atomic mass is 9.98. The third kappa shape index (κ3) is 2.47. The number of thiophene rings is 1. The summed E-state index contributed by atoms with van der Waals surface area (Å²) in [5.74, 6) is 0.608. The number of hydrogen-bond acceptors (Lipinski definition) is 3. The molecular weight excluding hydrogens is 288 g/mol. The number of rotatable bonds is 2. The van der Waals surface area contributed by atoms with E-state index in [2.05, 4.69) is 15.9 Å². The number of halogens is 1. The predicted molar refractivity (Wildman–Crippen MR) is 69.7 cm³/mol. The molecule has 2 rings (SSSR count). The largest absolute Gasteiger partial charge is 0.338 e. The summed E-state index contributed by atoms with van der Waals surface area (Å²) in [6.07, 6.45) is 2.21. The van der Waals surface area contributed by atoms with Gasteiger partial charge in [0.25, 0.3) is 5.91 Å². The third-order valence-electron chi connectivity index (χ3n) is 2.95. The monoisotopic (exact) mass is 302 g/mol. The Morgan fingerprint density at radius 2 is 2.50 bits per heavy atom. The van der Waals surface area contributed by atoms with Gasteiger partial charge in [-0.15, -0.1) is 11.3 Å². The van der Waals surface area contributed by atoms with Crippen LogP contribution >= 0.6 is 27.3 Å². The van der Waals surface area contributed by atoms with Crippen LogP contribution in [0.1, 0.15) is 22.5 Å². The molecule has 5 heteroatoms. The number of carbonyl (C=O) groups excluding carboxylic acids is 1. The highest BCUT2D eigenvalue weighted by Crippen LogP contribution is 2.26. The third-order valence-corrected chi connectivity index (χ3v) is 4.78. The smallest absolute Gasteiger partial charge is 0.265 e. The molecule has 2 N–H and O–H groups in total. The Balaban J connectivity index is 2.07. The fourth-order valence-corrected chi connectivity index (χ4v) is 3.54. The molecule has 16 heavy (non-hydrogen) atoms. The minimum atomic E-state index is 0.139. The molecule has 1 aliphatic rings. The Morgan fingerprint density at radius 3 is 3.12 bits per heavy atom.